The van der Waals surface area contributed by atoms with E-state index in [9.17, 15) is 0 Å². The third-order valence-electron chi connectivity index (χ3n) is 4.01. The van der Waals surface area contributed by atoms with Crippen LogP contribution in [0.5, 0.6) is 0 Å². The van der Waals surface area contributed by atoms with Gasteiger partial charge in [-0.3, -0.25) is 0 Å². The second kappa shape index (κ2) is 5.57. The Kier molecular flexibility index (Phi) is 4.07. The maximum absolute atomic E-state index is 2.49. The minimum atomic E-state index is 0.696. The lowest BCUT2D eigenvalue weighted by molar-refractivity contribution is 0.315. The predicted molar refractivity (Wildman–Crippen MR) is 80.1 cm³/mol. The van der Waals surface area contributed by atoms with Crippen LogP contribution in [0.1, 0.15) is 25.8 Å². The summed E-state index contributed by atoms with van der Waals surface area (Å²) in [6.07, 6.45) is 3.43. The van der Waals surface area contributed by atoms with Gasteiger partial charge in [0.25, 0.3) is 0 Å². The van der Waals surface area contributed by atoms with Crippen LogP contribution < -0.4 is 4.90 Å². The molecule has 2 rings (SSSR count). The molecule has 98 valence electrons. The summed E-state index contributed by atoms with van der Waals surface area (Å²) in [6, 6.07) is 9.66. The van der Waals surface area contributed by atoms with E-state index in [0.717, 1.165) is 6.54 Å². The number of anilines is 1. The highest BCUT2D eigenvalue weighted by atomic mass is 15.2. The molecule has 0 bridgehead atoms. The molecule has 1 atom stereocenters. The average Bonchev–Trinajstić information content (AvgIpc) is 2.88. The number of benzene rings is 1. The minimum absolute atomic E-state index is 0.696. The number of rotatable bonds is 3. The van der Waals surface area contributed by atoms with Crippen molar-refractivity contribution >= 4 is 11.3 Å². The van der Waals surface area contributed by atoms with Crippen LogP contribution in [0.25, 0.3) is 5.57 Å². The minimum Gasteiger partial charge on any atom is -0.370 e. The van der Waals surface area contributed by atoms with Gasteiger partial charge in [0.15, 0.2) is 0 Å². The lowest BCUT2D eigenvalue weighted by atomic mass is 10.1. The van der Waals surface area contributed by atoms with Crippen LogP contribution in [0.15, 0.2) is 30.3 Å². The maximum Gasteiger partial charge on any atom is 0.0367 e. The Morgan fingerprint density at radius 2 is 1.94 bits per heavy atom. The van der Waals surface area contributed by atoms with Gasteiger partial charge in [-0.2, -0.15) is 0 Å². The molecule has 1 aromatic carbocycles. The second-order valence-electron chi connectivity index (χ2n) is 5.37. The van der Waals surface area contributed by atoms with Crippen LogP contribution in [-0.4, -0.2) is 38.1 Å². The molecular formula is C16H24N2. The molecule has 0 N–H and O–H groups in total. The van der Waals surface area contributed by atoms with Crippen LogP contribution >= 0.6 is 0 Å². The number of hydrogen-bond acceptors (Lipinski definition) is 2. The van der Waals surface area contributed by atoms with Crippen LogP contribution in [0, 0.1) is 0 Å². The third kappa shape index (κ3) is 2.75. The van der Waals surface area contributed by atoms with Crippen molar-refractivity contribution in [3.05, 3.63) is 35.9 Å². The lowest BCUT2D eigenvalue weighted by Crippen LogP contribution is -2.31. The van der Waals surface area contributed by atoms with Crippen molar-refractivity contribution in [1.82, 2.24) is 4.90 Å². The molecule has 0 saturated carbocycles. The SMILES string of the molecule is CC=C(C)c1ccc(N2CCC(N(C)C)C2)cc1. The number of hydrogen-bond donors (Lipinski definition) is 0. The molecule has 0 aliphatic carbocycles. The van der Waals surface area contributed by atoms with Gasteiger partial charge in [0, 0.05) is 24.8 Å². The quantitative estimate of drug-likeness (QED) is 0.805. The summed E-state index contributed by atoms with van der Waals surface area (Å²) >= 11 is 0. The van der Waals surface area contributed by atoms with Crippen molar-refractivity contribution in [3.8, 4) is 0 Å². The van der Waals surface area contributed by atoms with Gasteiger partial charge in [0.05, 0.1) is 0 Å². The van der Waals surface area contributed by atoms with E-state index in [2.05, 4.69) is 68.1 Å². The molecule has 18 heavy (non-hydrogen) atoms. The molecular weight excluding hydrogens is 220 g/mol. The van der Waals surface area contributed by atoms with E-state index in [1.165, 1.54) is 29.8 Å². The van der Waals surface area contributed by atoms with Gasteiger partial charge in [-0.15, -0.1) is 0 Å². The molecule has 0 radical (unpaired) electrons. The summed E-state index contributed by atoms with van der Waals surface area (Å²) in [5.74, 6) is 0. The van der Waals surface area contributed by atoms with E-state index in [0.29, 0.717) is 6.04 Å². The predicted octanol–water partition coefficient (Wildman–Crippen LogP) is 3.25. The van der Waals surface area contributed by atoms with Crippen LogP contribution in [0.3, 0.4) is 0 Å². The van der Waals surface area contributed by atoms with E-state index in [-0.39, 0.29) is 0 Å². The van der Waals surface area contributed by atoms with Gasteiger partial charge in [-0.1, -0.05) is 18.2 Å². The third-order valence-corrected chi connectivity index (χ3v) is 4.01. The van der Waals surface area contributed by atoms with E-state index in [1.807, 2.05) is 0 Å². The average molecular weight is 244 g/mol. The summed E-state index contributed by atoms with van der Waals surface area (Å²) in [5.41, 5.74) is 4.02. The van der Waals surface area contributed by atoms with Crippen molar-refractivity contribution in [2.24, 2.45) is 0 Å². The molecule has 2 heteroatoms. The topological polar surface area (TPSA) is 6.48 Å². The highest BCUT2D eigenvalue weighted by molar-refractivity contribution is 5.65. The Hall–Kier alpha value is -1.28. The molecule has 1 aliphatic rings. The standard InChI is InChI=1S/C16H24N2/c1-5-13(2)14-6-8-15(9-7-14)18-11-10-16(12-18)17(3)4/h5-9,16H,10-12H2,1-4H3. The number of likely N-dealkylation sites (N-methyl/N-ethyl adjacent to an activating group) is 1. The van der Waals surface area contributed by atoms with Crippen molar-refractivity contribution in [3.63, 3.8) is 0 Å². The molecule has 1 saturated heterocycles. The Bertz CT molecular complexity index is 417. The first-order chi connectivity index (χ1) is 8.61. The fraction of sp³-hybridized carbons (Fsp3) is 0.500. The Labute approximate surface area is 111 Å². The summed E-state index contributed by atoms with van der Waals surface area (Å²) < 4.78 is 0. The molecule has 2 nitrogen and oxygen atoms in total. The van der Waals surface area contributed by atoms with Crippen molar-refractivity contribution in [2.75, 3.05) is 32.1 Å². The van der Waals surface area contributed by atoms with E-state index < -0.39 is 0 Å². The van der Waals surface area contributed by atoms with Crippen LogP contribution in [-0.2, 0) is 0 Å². The second-order valence-corrected chi connectivity index (χ2v) is 5.37. The largest absolute Gasteiger partial charge is 0.370 e. The molecule has 0 amide bonds. The van der Waals surface area contributed by atoms with Gasteiger partial charge >= 0.3 is 0 Å². The van der Waals surface area contributed by atoms with Crippen molar-refractivity contribution < 1.29 is 0 Å². The van der Waals surface area contributed by atoms with Gasteiger partial charge in [0.2, 0.25) is 0 Å². The molecule has 1 unspecified atom stereocenters. The summed E-state index contributed by atoms with van der Waals surface area (Å²) in [4.78, 5) is 4.82. The van der Waals surface area contributed by atoms with E-state index in [1.54, 1.807) is 0 Å². The van der Waals surface area contributed by atoms with E-state index in [4.69, 9.17) is 0 Å². The van der Waals surface area contributed by atoms with Gasteiger partial charge in [-0.25, -0.2) is 0 Å². The molecule has 0 aromatic heterocycles. The molecule has 0 spiro atoms. The van der Waals surface area contributed by atoms with Gasteiger partial charge in [0.1, 0.15) is 0 Å². The first kappa shape index (κ1) is 13.2. The molecule has 1 fully saturated rings. The van der Waals surface area contributed by atoms with Crippen molar-refractivity contribution in [2.45, 2.75) is 26.3 Å². The fourth-order valence-electron chi connectivity index (χ4n) is 2.50. The summed E-state index contributed by atoms with van der Waals surface area (Å²) in [6.45, 7) is 6.57. The first-order valence-electron chi connectivity index (χ1n) is 6.76. The zero-order valence-electron chi connectivity index (χ0n) is 12.0. The number of allylic oxidation sites excluding steroid dienone is 2. The molecule has 1 aromatic rings. The highest BCUT2D eigenvalue weighted by Gasteiger charge is 2.23. The molecule has 1 aliphatic heterocycles. The summed E-state index contributed by atoms with van der Waals surface area (Å²) in [5, 5.41) is 0. The number of nitrogens with zero attached hydrogens (tertiary/aromatic N) is 2. The van der Waals surface area contributed by atoms with Gasteiger partial charge in [-0.05, 0) is 57.6 Å². The first-order valence-corrected chi connectivity index (χ1v) is 6.76. The zero-order valence-corrected chi connectivity index (χ0v) is 12.0. The lowest BCUT2D eigenvalue weighted by Gasteiger charge is -2.22. The molecule has 1 heterocycles. The normalized spacial score (nSPS) is 20.8. The Balaban J connectivity index is 2.07. The Morgan fingerprint density at radius 3 is 2.44 bits per heavy atom. The summed E-state index contributed by atoms with van der Waals surface area (Å²) in [7, 11) is 4.35. The highest BCUT2D eigenvalue weighted by Crippen LogP contribution is 2.24. The van der Waals surface area contributed by atoms with Crippen LogP contribution in [0.4, 0.5) is 5.69 Å². The smallest absolute Gasteiger partial charge is 0.0367 e. The zero-order chi connectivity index (χ0) is 13.1. The van der Waals surface area contributed by atoms with Crippen LogP contribution in [0.2, 0.25) is 0 Å². The Morgan fingerprint density at radius 1 is 1.28 bits per heavy atom. The van der Waals surface area contributed by atoms with Crippen molar-refractivity contribution in [1.29, 1.82) is 0 Å². The van der Waals surface area contributed by atoms with E-state index >= 15 is 0 Å². The fourth-order valence-corrected chi connectivity index (χ4v) is 2.50. The maximum atomic E-state index is 2.49. The monoisotopic (exact) mass is 244 g/mol. The van der Waals surface area contributed by atoms with Gasteiger partial charge < -0.3 is 9.80 Å².